The second-order valence-corrected chi connectivity index (χ2v) is 6.91. The zero-order chi connectivity index (χ0) is 19.3. The van der Waals surface area contributed by atoms with Crippen LogP contribution in [0, 0.1) is 13.8 Å². The van der Waals surface area contributed by atoms with Crippen LogP contribution >= 0.6 is 0 Å². The van der Waals surface area contributed by atoms with Gasteiger partial charge in [0, 0.05) is 23.7 Å². The lowest BCUT2D eigenvalue weighted by molar-refractivity contribution is 0.0940. The molecule has 5 nitrogen and oxygen atoms in total. The second kappa shape index (κ2) is 8.63. The van der Waals surface area contributed by atoms with E-state index >= 15 is 0 Å². The fourth-order valence-electron chi connectivity index (χ4n) is 2.89. The third kappa shape index (κ3) is 5.17. The van der Waals surface area contributed by atoms with Gasteiger partial charge in [-0.2, -0.15) is 0 Å². The molecule has 5 heteroatoms. The third-order valence-corrected chi connectivity index (χ3v) is 4.56. The molecule has 0 aromatic heterocycles. The van der Waals surface area contributed by atoms with E-state index in [2.05, 4.69) is 10.2 Å². The third-order valence-electron chi connectivity index (χ3n) is 4.56. The highest BCUT2D eigenvalue weighted by molar-refractivity contribution is 5.95. The first-order chi connectivity index (χ1) is 12.3. The van der Waals surface area contributed by atoms with Crippen LogP contribution in [0.25, 0.3) is 0 Å². The topological polar surface area (TPSA) is 75.4 Å². The Morgan fingerprint density at radius 2 is 1.73 bits per heavy atom. The number of amides is 2. The minimum Gasteiger partial charge on any atom is -0.366 e. The van der Waals surface area contributed by atoms with Crippen molar-refractivity contribution in [3.8, 4) is 0 Å². The lowest BCUT2D eigenvalue weighted by atomic mass is 10.0. The van der Waals surface area contributed by atoms with Crippen molar-refractivity contribution in [2.75, 3.05) is 20.6 Å². The minimum atomic E-state index is -0.429. The average Bonchev–Trinajstić information content (AvgIpc) is 2.58. The summed E-state index contributed by atoms with van der Waals surface area (Å²) in [5.74, 6) is -0.486. The van der Waals surface area contributed by atoms with Crippen molar-refractivity contribution in [1.29, 1.82) is 0 Å². The van der Waals surface area contributed by atoms with Gasteiger partial charge >= 0.3 is 0 Å². The van der Waals surface area contributed by atoms with Crippen molar-refractivity contribution in [2.24, 2.45) is 5.73 Å². The standard InChI is InChI=1S/C21H27N3O2/c1-14-5-10-19(15(2)11-14)21(26)23-13-18(24(3)4)12-16-6-8-17(9-7-16)20(22)25/h5-11,18H,12-13H2,1-4H3,(H2,22,25)(H,23,26)/t18-/m0/s1. The average molecular weight is 353 g/mol. The molecule has 1 atom stereocenters. The number of hydrogen-bond acceptors (Lipinski definition) is 3. The van der Waals surface area contributed by atoms with E-state index in [1.807, 2.05) is 58.3 Å². The van der Waals surface area contributed by atoms with Gasteiger partial charge in [0.1, 0.15) is 0 Å². The van der Waals surface area contributed by atoms with E-state index in [1.54, 1.807) is 12.1 Å². The summed E-state index contributed by atoms with van der Waals surface area (Å²) in [6.07, 6.45) is 0.763. The SMILES string of the molecule is Cc1ccc(C(=O)NC[C@H](Cc2ccc(C(N)=O)cc2)N(C)C)c(C)c1. The van der Waals surface area contributed by atoms with Crippen molar-refractivity contribution < 1.29 is 9.59 Å². The Bertz CT molecular complexity index is 782. The lowest BCUT2D eigenvalue weighted by Crippen LogP contribution is -2.41. The molecule has 2 aromatic rings. The first-order valence-corrected chi connectivity index (χ1v) is 8.68. The molecule has 0 radical (unpaired) electrons. The molecule has 0 aliphatic carbocycles. The van der Waals surface area contributed by atoms with E-state index in [0.29, 0.717) is 17.7 Å². The number of aryl methyl sites for hydroxylation is 2. The van der Waals surface area contributed by atoms with Gasteiger partial charge in [0.05, 0.1) is 0 Å². The molecule has 2 rings (SSSR count). The number of nitrogens with one attached hydrogen (secondary N) is 1. The van der Waals surface area contributed by atoms with Gasteiger partial charge in [0.15, 0.2) is 0 Å². The number of benzene rings is 2. The van der Waals surface area contributed by atoms with E-state index < -0.39 is 5.91 Å². The molecule has 0 saturated heterocycles. The highest BCUT2D eigenvalue weighted by Gasteiger charge is 2.16. The van der Waals surface area contributed by atoms with E-state index in [-0.39, 0.29) is 11.9 Å². The number of hydrogen-bond donors (Lipinski definition) is 2. The molecule has 0 unspecified atom stereocenters. The molecule has 0 aliphatic rings. The highest BCUT2D eigenvalue weighted by Crippen LogP contribution is 2.12. The van der Waals surface area contributed by atoms with Crippen molar-refractivity contribution >= 4 is 11.8 Å². The first kappa shape index (κ1) is 19.7. The summed E-state index contributed by atoms with van der Waals surface area (Å²) in [6.45, 7) is 4.50. The summed E-state index contributed by atoms with van der Waals surface area (Å²) in [4.78, 5) is 25.8. The maximum Gasteiger partial charge on any atom is 0.251 e. The Kier molecular flexibility index (Phi) is 6.52. The van der Waals surface area contributed by atoms with Gasteiger partial charge in [-0.05, 0) is 63.7 Å². The van der Waals surface area contributed by atoms with Gasteiger partial charge < -0.3 is 16.0 Å². The van der Waals surface area contributed by atoms with E-state index in [4.69, 9.17) is 5.73 Å². The molecular formula is C21H27N3O2. The molecule has 26 heavy (non-hydrogen) atoms. The van der Waals surface area contributed by atoms with Gasteiger partial charge in [-0.25, -0.2) is 0 Å². The molecule has 138 valence electrons. The Morgan fingerprint density at radius 1 is 1.08 bits per heavy atom. The molecule has 0 heterocycles. The minimum absolute atomic E-state index is 0.0570. The maximum atomic E-state index is 12.5. The molecule has 2 aromatic carbocycles. The molecule has 0 saturated carbocycles. The molecule has 0 fully saturated rings. The van der Waals surface area contributed by atoms with Crippen LogP contribution in [0.1, 0.15) is 37.4 Å². The predicted molar refractivity (Wildman–Crippen MR) is 104 cm³/mol. The van der Waals surface area contributed by atoms with Gasteiger partial charge in [-0.1, -0.05) is 29.8 Å². The van der Waals surface area contributed by atoms with E-state index in [0.717, 1.165) is 23.1 Å². The van der Waals surface area contributed by atoms with Gasteiger partial charge in [0.2, 0.25) is 5.91 Å². The molecule has 0 aliphatic heterocycles. The Morgan fingerprint density at radius 3 is 2.27 bits per heavy atom. The number of carbonyl (C=O) groups is 2. The van der Waals surface area contributed by atoms with Crippen LogP contribution in [0.5, 0.6) is 0 Å². The molecule has 3 N–H and O–H groups in total. The first-order valence-electron chi connectivity index (χ1n) is 8.68. The number of primary amides is 1. The fourth-order valence-corrected chi connectivity index (χ4v) is 2.89. The summed E-state index contributed by atoms with van der Waals surface area (Å²) in [5, 5.41) is 3.04. The largest absolute Gasteiger partial charge is 0.366 e. The van der Waals surface area contributed by atoms with Crippen molar-refractivity contribution in [3.63, 3.8) is 0 Å². The normalized spacial score (nSPS) is 12.0. The van der Waals surface area contributed by atoms with Crippen LogP contribution < -0.4 is 11.1 Å². The Labute approximate surface area is 155 Å². The summed E-state index contributed by atoms with van der Waals surface area (Å²) >= 11 is 0. The highest BCUT2D eigenvalue weighted by atomic mass is 16.2. The summed E-state index contributed by atoms with van der Waals surface area (Å²) in [5.41, 5.74) is 9.70. The number of likely N-dealkylation sites (N-methyl/N-ethyl adjacent to an activating group) is 1. The fraction of sp³-hybridized carbons (Fsp3) is 0.333. The lowest BCUT2D eigenvalue weighted by Gasteiger charge is -2.25. The maximum absolute atomic E-state index is 12.5. The van der Waals surface area contributed by atoms with Gasteiger partial charge in [0.25, 0.3) is 5.91 Å². The van der Waals surface area contributed by atoms with Crippen LogP contribution in [0.2, 0.25) is 0 Å². The molecule has 0 spiro atoms. The smallest absolute Gasteiger partial charge is 0.251 e. The Balaban J connectivity index is 2.01. The van der Waals surface area contributed by atoms with Crippen LogP contribution in [0.4, 0.5) is 0 Å². The molecular weight excluding hydrogens is 326 g/mol. The molecule has 2 amide bonds. The van der Waals surface area contributed by atoms with Gasteiger partial charge in [-0.3, -0.25) is 9.59 Å². The number of nitrogens with two attached hydrogens (primary N) is 1. The second-order valence-electron chi connectivity index (χ2n) is 6.91. The van der Waals surface area contributed by atoms with Crippen molar-refractivity contribution in [2.45, 2.75) is 26.3 Å². The van der Waals surface area contributed by atoms with Crippen molar-refractivity contribution in [1.82, 2.24) is 10.2 Å². The summed E-state index contributed by atoms with van der Waals surface area (Å²) < 4.78 is 0. The van der Waals surface area contributed by atoms with E-state index in [9.17, 15) is 9.59 Å². The number of rotatable bonds is 7. The predicted octanol–water partition coefficient (Wildman–Crippen LogP) is 2.31. The number of nitrogens with zero attached hydrogens (tertiary/aromatic N) is 1. The van der Waals surface area contributed by atoms with Crippen LogP contribution in [-0.2, 0) is 6.42 Å². The summed E-state index contributed by atoms with van der Waals surface area (Å²) in [7, 11) is 3.98. The van der Waals surface area contributed by atoms with Gasteiger partial charge in [-0.15, -0.1) is 0 Å². The zero-order valence-corrected chi connectivity index (χ0v) is 15.9. The monoisotopic (exact) mass is 353 g/mol. The molecule has 0 bridgehead atoms. The number of carbonyl (C=O) groups excluding carboxylic acids is 2. The van der Waals surface area contributed by atoms with Crippen LogP contribution in [0.15, 0.2) is 42.5 Å². The van der Waals surface area contributed by atoms with Crippen LogP contribution in [-0.4, -0.2) is 43.4 Å². The Hall–Kier alpha value is -2.66. The van der Waals surface area contributed by atoms with E-state index in [1.165, 1.54) is 0 Å². The quantitative estimate of drug-likeness (QED) is 0.802. The van der Waals surface area contributed by atoms with Crippen molar-refractivity contribution in [3.05, 3.63) is 70.3 Å². The summed E-state index contributed by atoms with van der Waals surface area (Å²) in [6, 6.07) is 13.3. The zero-order valence-electron chi connectivity index (χ0n) is 15.9. The van der Waals surface area contributed by atoms with Crippen LogP contribution in [0.3, 0.4) is 0 Å².